The number of halogens is 1. The van der Waals surface area contributed by atoms with Crippen LogP contribution in [0.3, 0.4) is 0 Å². The summed E-state index contributed by atoms with van der Waals surface area (Å²) in [5.74, 6) is -0.592. The molecule has 5 nitrogen and oxygen atoms in total. The van der Waals surface area contributed by atoms with Gasteiger partial charge < -0.3 is 5.32 Å². The molecule has 0 aliphatic rings. The van der Waals surface area contributed by atoms with Crippen molar-refractivity contribution in [3.8, 4) is 0 Å². The number of hydrogen-bond donors (Lipinski definition) is 2. The number of carbonyl (C=O) groups excluding carboxylic acids is 1. The van der Waals surface area contributed by atoms with E-state index in [1.165, 1.54) is 54.1 Å². The van der Waals surface area contributed by atoms with Crippen LogP contribution < -0.4 is 10.0 Å². The third-order valence-corrected chi connectivity index (χ3v) is 6.01. The minimum Gasteiger partial charge on any atom is -0.326 e. The smallest absolute Gasteiger partial charge is 0.261 e. The molecule has 7 heteroatoms. The first-order chi connectivity index (χ1) is 14.4. The summed E-state index contributed by atoms with van der Waals surface area (Å²) in [6, 6.07) is 19.1. The molecule has 0 atom stereocenters. The summed E-state index contributed by atoms with van der Waals surface area (Å²) in [6.45, 7) is 2.10. The summed E-state index contributed by atoms with van der Waals surface area (Å²) in [6.07, 6.45) is 1.94. The minimum absolute atomic E-state index is 0.0424. The van der Waals surface area contributed by atoms with Gasteiger partial charge in [0.25, 0.3) is 10.0 Å². The molecule has 0 heterocycles. The van der Waals surface area contributed by atoms with Crippen molar-refractivity contribution in [2.45, 2.75) is 31.1 Å². The van der Waals surface area contributed by atoms with Crippen LogP contribution in [0.4, 0.5) is 15.8 Å². The number of aryl methyl sites for hydroxylation is 2. The maximum absolute atomic E-state index is 13.0. The largest absolute Gasteiger partial charge is 0.326 e. The lowest BCUT2D eigenvalue weighted by atomic mass is 10.1. The fourth-order valence-corrected chi connectivity index (χ4v) is 3.93. The van der Waals surface area contributed by atoms with Crippen LogP contribution >= 0.6 is 0 Å². The second-order valence-electron chi connectivity index (χ2n) is 6.85. The summed E-state index contributed by atoms with van der Waals surface area (Å²) in [5.41, 5.74) is 3.13. The monoisotopic (exact) mass is 426 g/mol. The van der Waals surface area contributed by atoms with Gasteiger partial charge >= 0.3 is 0 Å². The molecule has 0 radical (unpaired) electrons. The molecule has 0 saturated heterocycles. The highest BCUT2D eigenvalue weighted by atomic mass is 32.2. The predicted octanol–water partition coefficient (Wildman–Crippen LogP) is 4.76. The van der Waals surface area contributed by atoms with Crippen molar-refractivity contribution >= 4 is 27.3 Å². The second-order valence-corrected chi connectivity index (χ2v) is 8.54. The molecule has 0 fully saturated rings. The Bertz CT molecular complexity index is 1090. The van der Waals surface area contributed by atoms with Crippen molar-refractivity contribution in [1.29, 1.82) is 0 Å². The van der Waals surface area contributed by atoms with Crippen molar-refractivity contribution in [3.63, 3.8) is 0 Å². The third kappa shape index (κ3) is 5.90. The Morgan fingerprint density at radius 1 is 0.833 bits per heavy atom. The average molecular weight is 427 g/mol. The molecule has 30 heavy (non-hydrogen) atoms. The van der Waals surface area contributed by atoms with Gasteiger partial charge in [0.15, 0.2) is 0 Å². The van der Waals surface area contributed by atoms with Crippen LogP contribution in [0.15, 0.2) is 77.7 Å². The van der Waals surface area contributed by atoms with Gasteiger partial charge in [-0.05, 0) is 72.5 Å². The molecule has 1 amide bonds. The number of rotatable bonds is 8. The van der Waals surface area contributed by atoms with Crippen LogP contribution in [-0.2, 0) is 27.7 Å². The zero-order valence-electron chi connectivity index (χ0n) is 16.6. The predicted molar refractivity (Wildman–Crippen MR) is 116 cm³/mol. The summed E-state index contributed by atoms with van der Waals surface area (Å²) < 4.78 is 40.2. The number of anilines is 2. The lowest BCUT2D eigenvalue weighted by Gasteiger charge is -2.10. The fraction of sp³-hybridized carbons (Fsp3) is 0.174. The Hall–Kier alpha value is -3.19. The number of amides is 1. The van der Waals surface area contributed by atoms with Crippen LogP contribution in [0.25, 0.3) is 0 Å². The highest BCUT2D eigenvalue weighted by Gasteiger charge is 2.14. The summed E-state index contributed by atoms with van der Waals surface area (Å²) in [4.78, 5) is 12.2. The van der Waals surface area contributed by atoms with E-state index in [1.807, 2.05) is 12.1 Å². The maximum atomic E-state index is 13.0. The van der Waals surface area contributed by atoms with E-state index < -0.39 is 15.8 Å². The van der Waals surface area contributed by atoms with E-state index in [9.17, 15) is 17.6 Å². The molecule has 2 N–H and O–H groups in total. The van der Waals surface area contributed by atoms with E-state index in [1.54, 1.807) is 0 Å². The zero-order valence-corrected chi connectivity index (χ0v) is 17.4. The first kappa shape index (κ1) is 21.5. The SMILES string of the molecule is CCc1ccc(CCC(=O)Nc2ccc(S(=O)(=O)Nc3ccc(F)cc3)cc2)cc1. The first-order valence-corrected chi connectivity index (χ1v) is 11.1. The van der Waals surface area contributed by atoms with Crippen molar-refractivity contribution < 1.29 is 17.6 Å². The zero-order chi connectivity index (χ0) is 21.6. The van der Waals surface area contributed by atoms with Gasteiger partial charge in [-0.25, -0.2) is 12.8 Å². The van der Waals surface area contributed by atoms with E-state index >= 15 is 0 Å². The molecule has 156 valence electrons. The van der Waals surface area contributed by atoms with Crippen molar-refractivity contribution in [3.05, 3.63) is 89.7 Å². The Labute approximate surface area is 176 Å². The number of nitrogens with one attached hydrogen (secondary N) is 2. The van der Waals surface area contributed by atoms with Crippen LogP contribution in [0, 0.1) is 5.82 Å². The van der Waals surface area contributed by atoms with Crippen LogP contribution in [0.5, 0.6) is 0 Å². The Balaban J connectivity index is 1.56. The third-order valence-electron chi connectivity index (χ3n) is 4.62. The van der Waals surface area contributed by atoms with Gasteiger partial charge in [0, 0.05) is 17.8 Å². The number of sulfonamides is 1. The highest BCUT2D eigenvalue weighted by molar-refractivity contribution is 7.92. The van der Waals surface area contributed by atoms with E-state index in [4.69, 9.17) is 0 Å². The number of benzene rings is 3. The Kier molecular flexibility index (Phi) is 6.84. The molecule has 0 spiro atoms. The van der Waals surface area contributed by atoms with Crippen LogP contribution in [-0.4, -0.2) is 14.3 Å². The van der Waals surface area contributed by atoms with Gasteiger partial charge in [0.1, 0.15) is 5.82 Å². The standard InChI is InChI=1S/C23H23FN2O3S/c1-2-17-3-5-18(6-4-17)7-16-23(27)25-20-12-14-22(15-13-20)30(28,29)26-21-10-8-19(24)9-11-21/h3-6,8-15,26H,2,7,16H2,1H3,(H,25,27). The van der Waals surface area contributed by atoms with Gasteiger partial charge in [0.2, 0.25) is 5.91 Å². The molecule has 3 aromatic carbocycles. The molecule has 0 aliphatic heterocycles. The lowest BCUT2D eigenvalue weighted by molar-refractivity contribution is -0.116. The first-order valence-electron chi connectivity index (χ1n) is 9.62. The van der Waals surface area contributed by atoms with E-state index in [2.05, 4.69) is 29.1 Å². The Morgan fingerprint density at radius 2 is 1.40 bits per heavy atom. The minimum atomic E-state index is -3.81. The summed E-state index contributed by atoms with van der Waals surface area (Å²) in [7, 11) is -3.81. The van der Waals surface area contributed by atoms with Gasteiger partial charge in [-0.2, -0.15) is 0 Å². The second kappa shape index (κ2) is 9.54. The van der Waals surface area contributed by atoms with E-state index in [0.29, 0.717) is 18.5 Å². The molecule has 0 bridgehead atoms. The molecular formula is C23H23FN2O3S. The molecule has 3 rings (SSSR count). The molecular weight excluding hydrogens is 403 g/mol. The summed E-state index contributed by atoms with van der Waals surface area (Å²) >= 11 is 0. The molecule has 0 aromatic heterocycles. The maximum Gasteiger partial charge on any atom is 0.261 e. The van der Waals surface area contributed by atoms with Crippen LogP contribution in [0.2, 0.25) is 0 Å². The highest BCUT2D eigenvalue weighted by Crippen LogP contribution is 2.19. The van der Waals surface area contributed by atoms with Crippen LogP contribution in [0.1, 0.15) is 24.5 Å². The van der Waals surface area contributed by atoms with Gasteiger partial charge in [-0.15, -0.1) is 0 Å². The fourth-order valence-electron chi connectivity index (χ4n) is 2.87. The topological polar surface area (TPSA) is 75.3 Å². The summed E-state index contributed by atoms with van der Waals surface area (Å²) in [5, 5.41) is 2.77. The van der Waals surface area contributed by atoms with Crippen molar-refractivity contribution in [2.24, 2.45) is 0 Å². The lowest BCUT2D eigenvalue weighted by Crippen LogP contribution is -2.14. The van der Waals surface area contributed by atoms with Gasteiger partial charge in [-0.1, -0.05) is 31.2 Å². The van der Waals surface area contributed by atoms with Gasteiger partial charge in [0.05, 0.1) is 4.90 Å². The average Bonchev–Trinajstić information content (AvgIpc) is 2.74. The number of carbonyl (C=O) groups is 1. The van der Waals surface area contributed by atoms with E-state index in [0.717, 1.165) is 12.0 Å². The van der Waals surface area contributed by atoms with Crippen molar-refractivity contribution in [2.75, 3.05) is 10.0 Å². The molecule has 3 aromatic rings. The molecule has 0 aliphatic carbocycles. The molecule has 0 saturated carbocycles. The quantitative estimate of drug-likeness (QED) is 0.545. The molecule has 0 unspecified atom stereocenters. The van der Waals surface area contributed by atoms with E-state index in [-0.39, 0.29) is 16.5 Å². The normalized spacial score (nSPS) is 11.1. The van der Waals surface area contributed by atoms with Crippen molar-refractivity contribution in [1.82, 2.24) is 0 Å². The van der Waals surface area contributed by atoms with Gasteiger partial charge in [-0.3, -0.25) is 9.52 Å². The Morgan fingerprint density at radius 3 is 2.00 bits per heavy atom. The number of hydrogen-bond acceptors (Lipinski definition) is 3.